The molecule has 4 aromatic rings. The van der Waals surface area contributed by atoms with Crippen LogP contribution in [0, 0.1) is 28.9 Å². The van der Waals surface area contributed by atoms with E-state index < -0.39 is 23.7 Å². The molecule has 6 rings (SSSR count). The SMILES string of the molecule is CCc1c(F)ccc2cc(O)cc(-c3nc(OC)c4c(N5CCC[C@@H](C)C5)nc(OC[C@]5(C)CN(C)CC[C@@H]5CF)nc4c3F)c12. The van der Waals surface area contributed by atoms with E-state index in [0.717, 1.165) is 19.4 Å². The van der Waals surface area contributed by atoms with Crippen molar-refractivity contribution in [2.75, 3.05) is 58.5 Å². The molecule has 2 aliphatic heterocycles. The molecule has 2 aromatic carbocycles. The normalized spacial score (nSPS) is 22.5. The molecule has 2 aromatic heterocycles. The second-order valence-corrected chi connectivity index (χ2v) is 13.3. The van der Waals surface area contributed by atoms with Crippen molar-refractivity contribution in [1.29, 1.82) is 0 Å². The smallest absolute Gasteiger partial charge is 0.319 e. The first-order chi connectivity index (χ1) is 22.1. The number of methoxy groups -OCH3 is 1. The maximum absolute atomic E-state index is 17.0. The third-order valence-electron chi connectivity index (χ3n) is 9.82. The van der Waals surface area contributed by atoms with Crippen LogP contribution in [-0.2, 0) is 6.42 Å². The van der Waals surface area contributed by atoms with E-state index >= 15 is 8.78 Å². The number of anilines is 1. The number of benzene rings is 2. The monoisotopic (exact) mass is 637 g/mol. The van der Waals surface area contributed by atoms with Crippen molar-refractivity contribution < 1.29 is 27.8 Å². The van der Waals surface area contributed by atoms with Crippen LogP contribution in [0.15, 0.2) is 24.3 Å². The van der Waals surface area contributed by atoms with Gasteiger partial charge >= 0.3 is 6.01 Å². The Bertz CT molecular complexity index is 1770. The predicted molar refractivity (Wildman–Crippen MR) is 174 cm³/mol. The minimum atomic E-state index is -0.766. The minimum absolute atomic E-state index is 0.0213. The number of fused-ring (bicyclic) bond motifs is 2. The lowest BCUT2D eigenvalue weighted by Crippen LogP contribution is -2.49. The highest BCUT2D eigenvalue weighted by molar-refractivity contribution is 6.03. The number of rotatable bonds is 8. The summed E-state index contributed by atoms with van der Waals surface area (Å²) < 4.78 is 58.2. The maximum atomic E-state index is 17.0. The molecule has 0 unspecified atom stereocenters. The van der Waals surface area contributed by atoms with E-state index in [1.807, 2.05) is 20.9 Å². The molecular formula is C35H42F3N5O3. The van der Waals surface area contributed by atoms with Crippen molar-refractivity contribution in [1.82, 2.24) is 19.9 Å². The Morgan fingerprint density at radius 1 is 1.09 bits per heavy atom. The van der Waals surface area contributed by atoms with Crippen molar-refractivity contribution in [3.8, 4) is 28.9 Å². The van der Waals surface area contributed by atoms with Crippen LogP contribution in [0.5, 0.6) is 17.6 Å². The number of ether oxygens (including phenoxy) is 2. The number of aryl methyl sites for hydroxylation is 1. The van der Waals surface area contributed by atoms with E-state index in [1.54, 1.807) is 6.07 Å². The highest BCUT2D eigenvalue weighted by atomic mass is 19.1. The number of phenolic OH excluding ortho intramolecular Hbond substituents is 1. The van der Waals surface area contributed by atoms with Crippen LogP contribution in [-0.4, -0.2) is 78.6 Å². The Labute approximate surface area is 267 Å². The van der Waals surface area contributed by atoms with Crippen LogP contribution in [0.2, 0.25) is 0 Å². The number of pyridine rings is 1. The molecule has 46 heavy (non-hydrogen) atoms. The van der Waals surface area contributed by atoms with Gasteiger partial charge in [0, 0.05) is 30.6 Å². The Balaban J connectivity index is 1.56. The summed E-state index contributed by atoms with van der Waals surface area (Å²) >= 11 is 0. The highest BCUT2D eigenvalue weighted by Crippen LogP contribution is 2.43. The zero-order valence-electron chi connectivity index (χ0n) is 27.2. The number of hydrogen-bond acceptors (Lipinski definition) is 8. The Hall–Kier alpha value is -3.86. The molecule has 0 spiro atoms. The van der Waals surface area contributed by atoms with Crippen LogP contribution in [0.1, 0.15) is 45.6 Å². The van der Waals surface area contributed by atoms with E-state index in [0.29, 0.717) is 65.9 Å². The second-order valence-electron chi connectivity index (χ2n) is 13.3. The van der Waals surface area contributed by atoms with Crippen molar-refractivity contribution in [3.63, 3.8) is 0 Å². The molecule has 8 nitrogen and oxygen atoms in total. The highest BCUT2D eigenvalue weighted by Gasteiger charge is 2.40. The van der Waals surface area contributed by atoms with Gasteiger partial charge in [-0.2, -0.15) is 9.97 Å². The molecule has 11 heteroatoms. The second kappa shape index (κ2) is 12.7. The van der Waals surface area contributed by atoms with E-state index in [2.05, 4.69) is 26.7 Å². The molecule has 0 aliphatic carbocycles. The van der Waals surface area contributed by atoms with Gasteiger partial charge in [-0.3, -0.25) is 4.39 Å². The third-order valence-corrected chi connectivity index (χ3v) is 9.82. The molecule has 0 saturated carbocycles. The van der Waals surface area contributed by atoms with E-state index in [1.165, 1.54) is 25.3 Å². The van der Waals surface area contributed by atoms with Crippen LogP contribution >= 0.6 is 0 Å². The summed E-state index contributed by atoms with van der Waals surface area (Å²) in [4.78, 5) is 18.3. The summed E-state index contributed by atoms with van der Waals surface area (Å²) in [6.45, 7) is 8.53. The molecule has 4 heterocycles. The number of piperidine rings is 2. The molecule has 0 amide bonds. The van der Waals surface area contributed by atoms with E-state index in [-0.39, 0.29) is 46.9 Å². The summed E-state index contributed by atoms with van der Waals surface area (Å²) in [5, 5.41) is 12.0. The van der Waals surface area contributed by atoms with Gasteiger partial charge in [-0.1, -0.05) is 26.8 Å². The van der Waals surface area contributed by atoms with Crippen molar-refractivity contribution in [2.24, 2.45) is 17.3 Å². The third kappa shape index (κ3) is 5.78. The Morgan fingerprint density at radius 2 is 1.89 bits per heavy atom. The quantitative estimate of drug-likeness (QED) is 0.223. The first-order valence-electron chi connectivity index (χ1n) is 16.1. The summed E-state index contributed by atoms with van der Waals surface area (Å²) in [6, 6.07) is 5.79. The van der Waals surface area contributed by atoms with Crippen LogP contribution in [0.3, 0.4) is 0 Å². The molecule has 1 N–H and O–H groups in total. The fourth-order valence-electron chi connectivity index (χ4n) is 7.34. The largest absolute Gasteiger partial charge is 0.508 e. The predicted octanol–water partition coefficient (Wildman–Crippen LogP) is 6.94. The number of hydrogen-bond donors (Lipinski definition) is 1. The van der Waals surface area contributed by atoms with Gasteiger partial charge in [-0.25, -0.2) is 13.8 Å². The van der Waals surface area contributed by atoms with Crippen molar-refractivity contribution in [2.45, 2.75) is 46.5 Å². The molecule has 0 radical (unpaired) electrons. The van der Waals surface area contributed by atoms with E-state index in [9.17, 15) is 9.50 Å². The standard InChI is InChI=1S/C35H42F3N5O3/c1-6-24-26(37)10-9-21-14-23(44)15-25(27(21)24)30-29(38)31-28(33(39-30)45-5)32(43-12-7-8-20(2)17-43)41-34(40-31)46-19-35(3)18-42(4)13-11-22(35)16-36/h9-10,14-15,20,22,44H,6-8,11-13,16-19H2,1-5H3/t20-,22-,35+/m1/s1. The number of likely N-dealkylation sites (tertiary alicyclic amines) is 1. The van der Waals surface area contributed by atoms with E-state index in [4.69, 9.17) is 14.5 Å². The number of aromatic hydroxyl groups is 1. The van der Waals surface area contributed by atoms with Crippen LogP contribution in [0.25, 0.3) is 32.9 Å². The lowest BCUT2D eigenvalue weighted by Gasteiger charge is -2.43. The van der Waals surface area contributed by atoms with Crippen molar-refractivity contribution in [3.05, 3.63) is 41.5 Å². The molecule has 2 saturated heterocycles. The Morgan fingerprint density at radius 3 is 2.61 bits per heavy atom. The fourth-order valence-corrected chi connectivity index (χ4v) is 7.34. The average Bonchev–Trinajstić information content (AvgIpc) is 3.03. The first kappa shape index (κ1) is 32.1. The lowest BCUT2D eigenvalue weighted by atomic mass is 9.73. The van der Waals surface area contributed by atoms with Gasteiger partial charge in [-0.15, -0.1) is 0 Å². The molecular weight excluding hydrogens is 595 g/mol. The molecule has 3 atom stereocenters. The van der Waals surface area contributed by atoms with Gasteiger partial charge < -0.3 is 24.4 Å². The lowest BCUT2D eigenvalue weighted by molar-refractivity contribution is 0.000320. The average molecular weight is 638 g/mol. The van der Waals surface area contributed by atoms with Gasteiger partial charge in [0.25, 0.3) is 0 Å². The van der Waals surface area contributed by atoms with Crippen LogP contribution < -0.4 is 14.4 Å². The number of alkyl halides is 1. The van der Waals surface area contributed by atoms with Gasteiger partial charge in [0.15, 0.2) is 5.82 Å². The molecule has 246 valence electrons. The number of aromatic nitrogens is 3. The zero-order valence-corrected chi connectivity index (χ0v) is 27.2. The van der Waals surface area contributed by atoms with Gasteiger partial charge in [0.2, 0.25) is 5.88 Å². The number of nitrogens with zero attached hydrogens (tertiary/aromatic N) is 5. The number of halogens is 3. The maximum Gasteiger partial charge on any atom is 0.319 e. The topological polar surface area (TPSA) is 83.8 Å². The first-order valence-corrected chi connectivity index (χ1v) is 16.1. The summed E-state index contributed by atoms with van der Waals surface area (Å²) in [7, 11) is 3.46. The fraction of sp³-hybridized carbons (Fsp3) is 0.514. The van der Waals surface area contributed by atoms with Gasteiger partial charge in [-0.05, 0) is 85.6 Å². The molecule has 2 aliphatic rings. The molecule has 2 fully saturated rings. The zero-order chi connectivity index (χ0) is 32.7. The van der Waals surface area contributed by atoms with Crippen molar-refractivity contribution >= 4 is 27.5 Å². The van der Waals surface area contributed by atoms with Gasteiger partial charge in [0.05, 0.1) is 20.4 Å². The summed E-state index contributed by atoms with van der Waals surface area (Å²) in [6.07, 6.45) is 3.05. The Kier molecular flexibility index (Phi) is 8.89. The van der Waals surface area contributed by atoms with Gasteiger partial charge in [0.1, 0.15) is 34.0 Å². The molecule has 0 bridgehead atoms. The minimum Gasteiger partial charge on any atom is -0.508 e. The summed E-state index contributed by atoms with van der Waals surface area (Å²) in [5.41, 5.74) is -0.0800. The number of phenols is 1. The summed E-state index contributed by atoms with van der Waals surface area (Å²) in [5.74, 6) is -0.549. The van der Waals surface area contributed by atoms with Crippen LogP contribution in [0.4, 0.5) is 19.0 Å².